The second-order valence-corrected chi connectivity index (χ2v) is 6.64. The SMILES string of the molecule is CCOC(=O)C1=C(C)N=C(C)[C@@H](C(=O)OCC)[C@@H]1c1cc(OC)c(OC)c(OC)c1. The molecule has 0 N–H and O–H groups in total. The van der Waals surface area contributed by atoms with E-state index in [1.807, 2.05) is 0 Å². The van der Waals surface area contributed by atoms with E-state index in [1.165, 1.54) is 21.3 Å². The molecule has 0 amide bonds. The Morgan fingerprint density at radius 1 is 0.933 bits per heavy atom. The average molecular weight is 419 g/mol. The van der Waals surface area contributed by atoms with Gasteiger partial charge in [-0.3, -0.25) is 9.79 Å². The Morgan fingerprint density at radius 3 is 1.97 bits per heavy atom. The van der Waals surface area contributed by atoms with Crippen molar-refractivity contribution in [3.8, 4) is 17.2 Å². The Morgan fingerprint density at radius 2 is 1.50 bits per heavy atom. The third kappa shape index (κ3) is 4.42. The lowest BCUT2D eigenvalue weighted by Crippen LogP contribution is -2.36. The number of aliphatic imine (C=N–C) groups is 1. The largest absolute Gasteiger partial charge is 0.493 e. The number of hydrogen-bond donors (Lipinski definition) is 0. The topological polar surface area (TPSA) is 92.7 Å². The van der Waals surface area contributed by atoms with Gasteiger partial charge in [-0.05, 0) is 45.4 Å². The van der Waals surface area contributed by atoms with Crippen molar-refractivity contribution in [2.24, 2.45) is 10.9 Å². The van der Waals surface area contributed by atoms with E-state index in [-0.39, 0.29) is 13.2 Å². The maximum Gasteiger partial charge on any atom is 0.336 e. The standard InChI is InChI=1S/C22H29NO7/c1-8-29-21(24)17-12(3)23-13(4)18(22(25)30-9-2)19(17)14-10-15(26-5)20(28-7)16(11-14)27-6/h10-11,17,19H,8-9H2,1-7H3/t17-,19+/m1/s1. The lowest BCUT2D eigenvalue weighted by Gasteiger charge is -2.32. The van der Waals surface area contributed by atoms with E-state index >= 15 is 0 Å². The van der Waals surface area contributed by atoms with E-state index < -0.39 is 23.8 Å². The summed E-state index contributed by atoms with van der Waals surface area (Å²) in [5.74, 6) is -1.24. The molecule has 8 nitrogen and oxygen atoms in total. The Labute approximate surface area is 176 Å². The number of benzene rings is 1. The van der Waals surface area contributed by atoms with Crippen molar-refractivity contribution in [3.05, 3.63) is 29.0 Å². The minimum Gasteiger partial charge on any atom is -0.493 e. The van der Waals surface area contributed by atoms with E-state index in [9.17, 15) is 9.59 Å². The summed E-state index contributed by atoms with van der Waals surface area (Å²) in [6.45, 7) is 7.34. The predicted molar refractivity (Wildman–Crippen MR) is 111 cm³/mol. The minimum absolute atomic E-state index is 0.199. The molecule has 1 aromatic rings. The van der Waals surface area contributed by atoms with E-state index in [0.29, 0.717) is 39.8 Å². The molecule has 0 saturated carbocycles. The first kappa shape index (κ1) is 23.3. The summed E-state index contributed by atoms with van der Waals surface area (Å²) in [7, 11) is 4.52. The Kier molecular flexibility index (Phi) is 7.86. The van der Waals surface area contributed by atoms with Gasteiger partial charge in [0.15, 0.2) is 11.5 Å². The molecule has 164 valence electrons. The summed E-state index contributed by atoms with van der Waals surface area (Å²) in [5, 5.41) is 0. The van der Waals surface area contributed by atoms with Gasteiger partial charge in [-0.1, -0.05) is 0 Å². The number of nitrogens with zero attached hydrogens (tertiary/aromatic N) is 1. The molecule has 0 saturated heterocycles. The molecule has 2 rings (SSSR count). The molecule has 0 spiro atoms. The monoisotopic (exact) mass is 419 g/mol. The van der Waals surface area contributed by atoms with Gasteiger partial charge in [0.1, 0.15) is 5.92 Å². The molecule has 1 heterocycles. The van der Waals surface area contributed by atoms with Crippen LogP contribution in [0.1, 0.15) is 39.2 Å². The molecule has 1 aliphatic rings. The van der Waals surface area contributed by atoms with Crippen LogP contribution in [-0.4, -0.2) is 52.2 Å². The first-order valence-electron chi connectivity index (χ1n) is 9.74. The number of rotatable bonds is 8. The number of methoxy groups -OCH3 is 3. The van der Waals surface area contributed by atoms with Crippen LogP contribution in [0.25, 0.3) is 0 Å². The van der Waals surface area contributed by atoms with Crippen LogP contribution in [0.3, 0.4) is 0 Å². The zero-order valence-electron chi connectivity index (χ0n) is 18.5. The van der Waals surface area contributed by atoms with Gasteiger partial charge in [0.05, 0.1) is 40.1 Å². The summed E-state index contributed by atoms with van der Waals surface area (Å²) in [6.07, 6.45) is 0. The van der Waals surface area contributed by atoms with Crippen LogP contribution in [0.4, 0.5) is 0 Å². The first-order chi connectivity index (χ1) is 14.3. The van der Waals surface area contributed by atoms with Crippen LogP contribution < -0.4 is 14.2 Å². The van der Waals surface area contributed by atoms with Gasteiger partial charge < -0.3 is 23.7 Å². The molecule has 2 atom stereocenters. The van der Waals surface area contributed by atoms with Gasteiger partial charge in [-0.25, -0.2) is 4.79 Å². The molecule has 0 radical (unpaired) electrons. The molecule has 8 heteroatoms. The lowest BCUT2D eigenvalue weighted by molar-refractivity contribution is -0.146. The summed E-state index contributed by atoms with van der Waals surface area (Å²) >= 11 is 0. The van der Waals surface area contributed by atoms with E-state index in [1.54, 1.807) is 39.8 Å². The van der Waals surface area contributed by atoms with Gasteiger partial charge in [0.25, 0.3) is 0 Å². The van der Waals surface area contributed by atoms with E-state index in [4.69, 9.17) is 23.7 Å². The van der Waals surface area contributed by atoms with Gasteiger partial charge in [0, 0.05) is 17.3 Å². The van der Waals surface area contributed by atoms with Crippen molar-refractivity contribution in [1.29, 1.82) is 0 Å². The van der Waals surface area contributed by atoms with Crippen molar-refractivity contribution in [1.82, 2.24) is 0 Å². The van der Waals surface area contributed by atoms with Crippen LogP contribution in [0.2, 0.25) is 0 Å². The second kappa shape index (κ2) is 10.1. The number of esters is 2. The molecule has 1 aliphatic heterocycles. The van der Waals surface area contributed by atoms with Gasteiger partial charge in [-0.2, -0.15) is 0 Å². The van der Waals surface area contributed by atoms with Crippen molar-refractivity contribution >= 4 is 17.7 Å². The first-order valence-corrected chi connectivity index (χ1v) is 9.74. The second-order valence-electron chi connectivity index (χ2n) is 6.64. The van der Waals surface area contributed by atoms with Gasteiger partial charge in [-0.15, -0.1) is 0 Å². The highest BCUT2D eigenvalue weighted by Crippen LogP contribution is 2.46. The maximum atomic E-state index is 12.9. The van der Waals surface area contributed by atoms with Crippen LogP contribution in [0.5, 0.6) is 17.2 Å². The third-order valence-corrected chi connectivity index (χ3v) is 4.91. The molecule has 0 aliphatic carbocycles. The molecular formula is C22H29NO7. The molecule has 0 aromatic heterocycles. The van der Waals surface area contributed by atoms with Crippen molar-refractivity contribution in [2.75, 3.05) is 34.5 Å². The summed E-state index contributed by atoms with van der Waals surface area (Å²) < 4.78 is 26.9. The number of carbonyl (C=O) groups is 2. The van der Waals surface area contributed by atoms with E-state index in [2.05, 4.69) is 4.99 Å². The van der Waals surface area contributed by atoms with Crippen LogP contribution >= 0.6 is 0 Å². The highest BCUT2D eigenvalue weighted by atomic mass is 16.5. The third-order valence-electron chi connectivity index (χ3n) is 4.91. The fraction of sp³-hybridized carbons (Fsp3) is 0.500. The Balaban J connectivity index is 2.78. The number of allylic oxidation sites excluding steroid dienone is 1. The fourth-order valence-electron chi connectivity index (χ4n) is 3.69. The highest BCUT2D eigenvalue weighted by molar-refractivity contribution is 6.07. The van der Waals surface area contributed by atoms with Crippen molar-refractivity contribution < 1.29 is 33.3 Å². The number of carbonyl (C=O) groups excluding carboxylic acids is 2. The molecule has 0 fully saturated rings. The molecular weight excluding hydrogens is 390 g/mol. The summed E-state index contributed by atoms with van der Waals surface area (Å²) in [5.41, 5.74) is 1.97. The Hall–Kier alpha value is -3.03. The minimum atomic E-state index is -0.795. The smallest absolute Gasteiger partial charge is 0.336 e. The molecule has 1 aromatic carbocycles. The zero-order valence-corrected chi connectivity index (χ0v) is 18.5. The van der Waals surface area contributed by atoms with Gasteiger partial charge >= 0.3 is 11.9 Å². The fourth-order valence-corrected chi connectivity index (χ4v) is 3.69. The number of hydrogen-bond acceptors (Lipinski definition) is 8. The average Bonchev–Trinajstić information content (AvgIpc) is 2.72. The zero-order chi connectivity index (χ0) is 22.4. The van der Waals surface area contributed by atoms with Crippen LogP contribution in [0, 0.1) is 5.92 Å². The maximum absolute atomic E-state index is 12.9. The van der Waals surface area contributed by atoms with Crippen molar-refractivity contribution in [2.45, 2.75) is 33.6 Å². The van der Waals surface area contributed by atoms with E-state index in [0.717, 1.165) is 0 Å². The Bertz CT molecular complexity index is 847. The van der Waals surface area contributed by atoms with Crippen molar-refractivity contribution in [3.63, 3.8) is 0 Å². The normalized spacial score (nSPS) is 18.4. The van der Waals surface area contributed by atoms with Crippen LogP contribution in [-0.2, 0) is 19.1 Å². The lowest BCUT2D eigenvalue weighted by atomic mass is 9.75. The molecule has 0 bridgehead atoms. The quantitative estimate of drug-likeness (QED) is 0.597. The van der Waals surface area contributed by atoms with Gasteiger partial charge in [0.2, 0.25) is 5.75 Å². The predicted octanol–water partition coefficient (Wildman–Crippen LogP) is 3.29. The summed E-state index contributed by atoms with van der Waals surface area (Å²) in [6, 6.07) is 3.45. The summed E-state index contributed by atoms with van der Waals surface area (Å²) in [4.78, 5) is 30.2. The molecule has 0 unspecified atom stereocenters. The number of ether oxygens (including phenoxy) is 5. The highest BCUT2D eigenvalue weighted by Gasteiger charge is 2.43. The van der Waals surface area contributed by atoms with Crippen LogP contribution in [0.15, 0.2) is 28.4 Å². The molecule has 30 heavy (non-hydrogen) atoms.